The summed E-state index contributed by atoms with van der Waals surface area (Å²) in [6.45, 7) is 0. The maximum atomic E-state index is 12.4. The first kappa shape index (κ1) is 13.3. The molecule has 0 bridgehead atoms. The molecule has 1 aliphatic rings. The highest BCUT2D eigenvalue weighted by Crippen LogP contribution is 2.32. The fourth-order valence-electron chi connectivity index (χ4n) is 2.05. The Kier molecular flexibility index (Phi) is 3.35. The summed E-state index contributed by atoms with van der Waals surface area (Å²) in [6, 6.07) is 2.39. The highest BCUT2D eigenvalue weighted by molar-refractivity contribution is 7.93. The third-order valence-corrected chi connectivity index (χ3v) is 5.59. The standard InChI is InChI=1S/C11H13F3N2OS/c1-15-18(17)5-4-9(7-18)8-2-3-10(16-6-8)11(12,13)14/h2-3,6,9H,4-5,7H2,1H3. The molecule has 0 radical (unpaired) electrons. The van der Waals surface area contributed by atoms with Gasteiger partial charge >= 0.3 is 6.18 Å². The molecule has 2 unspecified atom stereocenters. The minimum Gasteiger partial charge on any atom is -0.251 e. The number of pyridine rings is 1. The van der Waals surface area contributed by atoms with Crippen LogP contribution in [0.2, 0.25) is 0 Å². The lowest BCUT2D eigenvalue weighted by Gasteiger charge is -2.10. The molecule has 1 saturated heterocycles. The Morgan fingerprint density at radius 3 is 2.61 bits per heavy atom. The topological polar surface area (TPSA) is 42.3 Å². The van der Waals surface area contributed by atoms with Crippen LogP contribution < -0.4 is 0 Å². The Morgan fingerprint density at radius 1 is 1.44 bits per heavy atom. The van der Waals surface area contributed by atoms with E-state index in [1.165, 1.54) is 19.3 Å². The Balaban J connectivity index is 2.20. The molecule has 1 aliphatic heterocycles. The second kappa shape index (κ2) is 4.53. The SMILES string of the molecule is CN=S1(=O)CCC(c2ccc(C(F)(F)F)nc2)C1. The number of hydrogen-bond donors (Lipinski definition) is 0. The average molecular weight is 278 g/mol. The van der Waals surface area contributed by atoms with E-state index < -0.39 is 21.6 Å². The van der Waals surface area contributed by atoms with Crippen LogP contribution in [0.3, 0.4) is 0 Å². The normalized spacial score (nSPS) is 28.3. The number of rotatable bonds is 1. The number of nitrogens with zero attached hydrogens (tertiary/aromatic N) is 2. The lowest BCUT2D eigenvalue weighted by molar-refractivity contribution is -0.141. The van der Waals surface area contributed by atoms with Crippen molar-refractivity contribution < 1.29 is 17.4 Å². The number of aromatic nitrogens is 1. The third-order valence-electron chi connectivity index (χ3n) is 3.13. The molecule has 0 aliphatic carbocycles. The van der Waals surface area contributed by atoms with Crippen molar-refractivity contribution in [1.29, 1.82) is 0 Å². The van der Waals surface area contributed by atoms with Gasteiger partial charge in [0, 0.05) is 34.5 Å². The second-order valence-corrected chi connectivity index (χ2v) is 6.94. The predicted molar refractivity (Wildman–Crippen MR) is 62.8 cm³/mol. The maximum absolute atomic E-state index is 12.4. The summed E-state index contributed by atoms with van der Waals surface area (Å²) in [5, 5.41) is 0. The molecule has 1 aromatic heterocycles. The van der Waals surface area contributed by atoms with Crippen molar-refractivity contribution in [1.82, 2.24) is 4.98 Å². The van der Waals surface area contributed by atoms with Crippen molar-refractivity contribution in [3.8, 4) is 0 Å². The zero-order valence-corrected chi connectivity index (χ0v) is 10.6. The fourth-order valence-corrected chi connectivity index (χ4v) is 4.19. The van der Waals surface area contributed by atoms with Crippen LogP contribution in [-0.4, -0.2) is 27.7 Å². The van der Waals surface area contributed by atoms with Crippen molar-refractivity contribution in [2.75, 3.05) is 18.6 Å². The molecule has 100 valence electrons. The quantitative estimate of drug-likeness (QED) is 0.792. The van der Waals surface area contributed by atoms with Crippen LogP contribution in [0.15, 0.2) is 22.7 Å². The molecule has 0 saturated carbocycles. The van der Waals surface area contributed by atoms with E-state index in [1.54, 1.807) is 0 Å². The smallest absolute Gasteiger partial charge is 0.251 e. The van der Waals surface area contributed by atoms with E-state index in [4.69, 9.17) is 0 Å². The zero-order chi connectivity index (χ0) is 13.4. The molecule has 3 nitrogen and oxygen atoms in total. The number of alkyl halides is 3. The molecule has 2 rings (SSSR count). The van der Waals surface area contributed by atoms with Gasteiger partial charge in [-0.15, -0.1) is 0 Å². The predicted octanol–water partition coefficient (Wildman–Crippen LogP) is 2.69. The molecule has 18 heavy (non-hydrogen) atoms. The van der Waals surface area contributed by atoms with Gasteiger partial charge in [0.2, 0.25) is 0 Å². The van der Waals surface area contributed by atoms with E-state index in [0.29, 0.717) is 23.5 Å². The largest absolute Gasteiger partial charge is 0.433 e. The van der Waals surface area contributed by atoms with Gasteiger partial charge in [-0.1, -0.05) is 6.07 Å². The van der Waals surface area contributed by atoms with Crippen LogP contribution in [-0.2, 0) is 15.9 Å². The molecule has 2 heterocycles. The van der Waals surface area contributed by atoms with Gasteiger partial charge in [-0.3, -0.25) is 4.98 Å². The second-order valence-electron chi connectivity index (χ2n) is 4.29. The Labute approximate surface area is 104 Å². The molecule has 0 spiro atoms. The summed E-state index contributed by atoms with van der Waals surface area (Å²) in [4.78, 5) is 3.42. The number of hydrogen-bond acceptors (Lipinski definition) is 3. The van der Waals surface area contributed by atoms with E-state index in [0.717, 1.165) is 6.07 Å². The van der Waals surface area contributed by atoms with Crippen molar-refractivity contribution >= 4 is 9.73 Å². The van der Waals surface area contributed by atoms with Crippen molar-refractivity contribution in [2.24, 2.45) is 4.36 Å². The molecular weight excluding hydrogens is 265 g/mol. The van der Waals surface area contributed by atoms with E-state index in [-0.39, 0.29) is 5.92 Å². The van der Waals surface area contributed by atoms with Gasteiger partial charge < -0.3 is 0 Å². The Morgan fingerprint density at radius 2 is 2.17 bits per heavy atom. The van der Waals surface area contributed by atoms with E-state index >= 15 is 0 Å². The number of halogens is 3. The summed E-state index contributed by atoms with van der Waals surface area (Å²) in [6.07, 6.45) is -2.50. The first-order valence-electron chi connectivity index (χ1n) is 5.48. The van der Waals surface area contributed by atoms with Gasteiger partial charge in [0.1, 0.15) is 5.69 Å². The summed E-state index contributed by atoms with van der Waals surface area (Å²) < 4.78 is 52.9. The molecule has 7 heteroatoms. The Hall–Kier alpha value is -1.11. The van der Waals surface area contributed by atoms with Crippen LogP contribution in [0.1, 0.15) is 23.6 Å². The summed E-state index contributed by atoms with van der Waals surface area (Å²) in [7, 11) is -0.629. The van der Waals surface area contributed by atoms with Gasteiger partial charge in [-0.05, 0) is 24.0 Å². The van der Waals surface area contributed by atoms with Crippen molar-refractivity contribution in [3.63, 3.8) is 0 Å². The van der Waals surface area contributed by atoms with E-state index in [2.05, 4.69) is 9.35 Å². The monoisotopic (exact) mass is 278 g/mol. The zero-order valence-electron chi connectivity index (χ0n) is 9.78. The third kappa shape index (κ3) is 2.66. The highest BCUT2D eigenvalue weighted by Gasteiger charge is 2.33. The molecule has 0 N–H and O–H groups in total. The van der Waals surface area contributed by atoms with Gasteiger partial charge in [-0.25, -0.2) is 8.57 Å². The molecule has 1 fully saturated rings. The van der Waals surface area contributed by atoms with Crippen LogP contribution >= 0.6 is 0 Å². The van der Waals surface area contributed by atoms with Gasteiger partial charge in [0.05, 0.1) is 0 Å². The Bertz CT molecular complexity index is 544. The maximum Gasteiger partial charge on any atom is 0.433 e. The van der Waals surface area contributed by atoms with Gasteiger partial charge in [0.25, 0.3) is 0 Å². The van der Waals surface area contributed by atoms with Crippen LogP contribution in [0.25, 0.3) is 0 Å². The summed E-state index contributed by atoms with van der Waals surface area (Å²) in [5.74, 6) is 0.919. The molecule has 1 aromatic rings. The minimum absolute atomic E-state index is 0.00372. The first-order valence-corrected chi connectivity index (χ1v) is 7.33. The first-order chi connectivity index (χ1) is 8.34. The van der Waals surface area contributed by atoms with Crippen LogP contribution in [0, 0.1) is 0 Å². The van der Waals surface area contributed by atoms with Gasteiger partial charge in [-0.2, -0.15) is 13.2 Å². The van der Waals surface area contributed by atoms with E-state index in [9.17, 15) is 17.4 Å². The van der Waals surface area contributed by atoms with E-state index in [1.807, 2.05) is 0 Å². The van der Waals surface area contributed by atoms with Crippen molar-refractivity contribution in [2.45, 2.75) is 18.5 Å². The highest BCUT2D eigenvalue weighted by atomic mass is 32.2. The van der Waals surface area contributed by atoms with Crippen LogP contribution in [0.5, 0.6) is 0 Å². The molecule has 0 amide bonds. The summed E-state index contributed by atoms with van der Waals surface area (Å²) in [5.41, 5.74) is -0.193. The van der Waals surface area contributed by atoms with Crippen LogP contribution in [0.4, 0.5) is 13.2 Å². The molecular formula is C11H13F3N2OS. The lowest BCUT2D eigenvalue weighted by Crippen LogP contribution is -2.09. The lowest BCUT2D eigenvalue weighted by atomic mass is 10.0. The summed E-state index contributed by atoms with van der Waals surface area (Å²) >= 11 is 0. The molecule has 0 aromatic carbocycles. The fraction of sp³-hybridized carbons (Fsp3) is 0.545. The average Bonchev–Trinajstić information content (AvgIpc) is 2.72. The van der Waals surface area contributed by atoms with Crippen molar-refractivity contribution in [3.05, 3.63) is 29.6 Å². The van der Waals surface area contributed by atoms with Gasteiger partial charge in [0.15, 0.2) is 0 Å². The molecule has 2 atom stereocenters. The minimum atomic E-state index is -4.42.